The Morgan fingerprint density at radius 1 is 1.47 bits per heavy atom. The zero-order chi connectivity index (χ0) is 11.5. The van der Waals surface area contributed by atoms with E-state index >= 15 is 0 Å². The Labute approximate surface area is 95.6 Å². The summed E-state index contributed by atoms with van der Waals surface area (Å²) in [5, 5.41) is 14.3. The number of nitrogens with zero attached hydrogens (tertiary/aromatic N) is 1. The maximum absolute atomic E-state index is 10.1. The second-order valence-corrected chi connectivity index (χ2v) is 5.49. The lowest BCUT2D eigenvalue weighted by Gasteiger charge is -2.22. The molecule has 2 N–H and O–H groups in total. The first kappa shape index (κ1) is 12.6. The average Bonchev–Trinajstić information content (AvgIpc) is 2.41. The van der Waals surface area contributed by atoms with Gasteiger partial charge in [-0.25, -0.2) is 4.98 Å². The van der Waals surface area contributed by atoms with Gasteiger partial charge in [0.1, 0.15) is 0 Å². The molecule has 1 aromatic rings. The molecule has 1 aromatic heterocycles. The van der Waals surface area contributed by atoms with Crippen molar-refractivity contribution >= 4 is 11.3 Å². The lowest BCUT2D eigenvalue weighted by molar-refractivity contribution is 0.0607. The molecule has 0 amide bonds. The quantitative estimate of drug-likeness (QED) is 0.805. The molecule has 1 unspecified atom stereocenters. The topological polar surface area (TPSA) is 45.1 Å². The maximum Gasteiger partial charge on any atom is 0.0959 e. The average molecular weight is 228 g/mol. The molecule has 0 spiro atoms. The van der Waals surface area contributed by atoms with Crippen molar-refractivity contribution in [2.45, 2.75) is 39.7 Å². The van der Waals surface area contributed by atoms with Crippen molar-refractivity contribution in [2.24, 2.45) is 0 Å². The van der Waals surface area contributed by atoms with Gasteiger partial charge in [0, 0.05) is 17.8 Å². The third-order valence-electron chi connectivity index (χ3n) is 2.36. The fourth-order valence-corrected chi connectivity index (χ4v) is 2.51. The number of rotatable bonds is 5. The van der Waals surface area contributed by atoms with Crippen LogP contribution in [0, 0.1) is 13.8 Å². The molecule has 3 nitrogen and oxygen atoms in total. The standard InChI is InChI=1S/C11H20N2OS/c1-5-12-7-11(4,14)6-10-13-8(2)9(3)15-10/h12,14H,5-7H2,1-4H3. The highest BCUT2D eigenvalue weighted by Crippen LogP contribution is 2.20. The zero-order valence-corrected chi connectivity index (χ0v) is 10.7. The van der Waals surface area contributed by atoms with E-state index in [9.17, 15) is 5.11 Å². The highest BCUT2D eigenvalue weighted by molar-refractivity contribution is 7.11. The molecule has 0 saturated carbocycles. The third kappa shape index (κ3) is 3.89. The third-order valence-corrected chi connectivity index (χ3v) is 3.43. The van der Waals surface area contributed by atoms with Crippen LogP contribution in [0.4, 0.5) is 0 Å². The van der Waals surface area contributed by atoms with E-state index in [1.165, 1.54) is 4.88 Å². The van der Waals surface area contributed by atoms with Crippen LogP contribution in [0.5, 0.6) is 0 Å². The first-order valence-electron chi connectivity index (χ1n) is 5.30. The Morgan fingerprint density at radius 3 is 2.60 bits per heavy atom. The van der Waals surface area contributed by atoms with Crippen molar-refractivity contribution in [2.75, 3.05) is 13.1 Å². The highest BCUT2D eigenvalue weighted by Gasteiger charge is 2.22. The molecule has 0 aromatic carbocycles. The van der Waals surface area contributed by atoms with Gasteiger partial charge in [-0.05, 0) is 27.3 Å². The minimum Gasteiger partial charge on any atom is -0.388 e. The number of hydrogen-bond donors (Lipinski definition) is 2. The second kappa shape index (κ2) is 5.05. The van der Waals surface area contributed by atoms with Gasteiger partial charge in [-0.3, -0.25) is 0 Å². The van der Waals surface area contributed by atoms with Gasteiger partial charge >= 0.3 is 0 Å². The van der Waals surface area contributed by atoms with E-state index in [1.807, 2.05) is 20.8 Å². The highest BCUT2D eigenvalue weighted by atomic mass is 32.1. The molecule has 0 fully saturated rings. The van der Waals surface area contributed by atoms with Gasteiger partial charge in [-0.15, -0.1) is 11.3 Å². The Kier molecular flexibility index (Phi) is 4.25. The molecule has 0 bridgehead atoms. The van der Waals surface area contributed by atoms with Crippen molar-refractivity contribution in [3.05, 3.63) is 15.6 Å². The minimum absolute atomic E-state index is 0.612. The molecule has 4 heteroatoms. The van der Waals surface area contributed by atoms with Crippen molar-refractivity contribution in [3.63, 3.8) is 0 Å². The van der Waals surface area contributed by atoms with Gasteiger partial charge in [0.15, 0.2) is 0 Å². The van der Waals surface area contributed by atoms with Gasteiger partial charge in [-0.2, -0.15) is 0 Å². The van der Waals surface area contributed by atoms with Crippen molar-refractivity contribution < 1.29 is 5.11 Å². The van der Waals surface area contributed by atoms with Crippen molar-refractivity contribution in [1.29, 1.82) is 0 Å². The molecular formula is C11H20N2OS. The summed E-state index contributed by atoms with van der Waals surface area (Å²) in [6.45, 7) is 9.45. The summed E-state index contributed by atoms with van der Waals surface area (Å²) in [4.78, 5) is 5.67. The summed E-state index contributed by atoms with van der Waals surface area (Å²) in [6, 6.07) is 0. The van der Waals surface area contributed by atoms with E-state index in [1.54, 1.807) is 11.3 Å². The number of nitrogens with one attached hydrogen (secondary N) is 1. The summed E-state index contributed by atoms with van der Waals surface area (Å²) in [5.74, 6) is 0. The number of thiazole rings is 1. The predicted molar refractivity (Wildman–Crippen MR) is 64.5 cm³/mol. The molecule has 0 saturated heterocycles. The van der Waals surface area contributed by atoms with Crippen LogP contribution in [-0.4, -0.2) is 28.8 Å². The van der Waals surface area contributed by atoms with Crippen LogP contribution in [-0.2, 0) is 6.42 Å². The summed E-state index contributed by atoms with van der Waals surface area (Å²) >= 11 is 1.68. The van der Waals surface area contributed by atoms with Gasteiger partial charge in [-0.1, -0.05) is 6.92 Å². The van der Waals surface area contributed by atoms with E-state index in [-0.39, 0.29) is 0 Å². The summed E-state index contributed by atoms with van der Waals surface area (Å²) in [6.07, 6.45) is 0.624. The molecule has 1 atom stereocenters. The predicted octanol–water partition coefficient (Wildman–Crippen LogP) is 1.66. The second-order valence-electron chi connectivity index (χ2n) is 4.20. The van der Waals surface area contributed by atoms with Crippen LogP contribution in [0.15, 0.2) is 0 Å². The van der Waals surface area contributed by atoms with Gasteiger partial charge in [0.25, 0.3) is 0 Å². The van der Waals surface area contributed by atoms with E-state index in [2.05, 4.69) is 17.2 Å². The first-order valence-corrected chi connectivity index (χ1v) is 6.12. The van der Waals surface area contributed by atoms with Crippen LogP contribution >= 0.6 is 11.3 Å². The smallest absolute Gasteiger partial charge is 0.0959 e. The molecule has 86 valence electrons. The number of hydrogen-bond acceptors (Lipinski definition) is 4. The molecule has 1 rings (SSSR count). The number of aromatic nitrogens is 1. The van der Waals surface area contributed by atoms with E-state index in [4.69, 9.17) is 0 Å². The Morgan fingerprint density at radius 2 is 2.13 bits per heavy atom. The van der Waals surface area contributed by atoms with Gasteiger partial charge in [0.2, 0.25) is 0 Å². The molecule has 0 aliphatic heterocycles. The van der Waals surface area contributed by atoms with Crippen molar-refractivity contribution in [3.8, 4) is 0 Å². The fourth-order valence-electron chi connectivity index (χ4n) is 1.40. The normalized spacial score (nSPS) is 15.3. The number of aryl methyl sites for hydroxylation is 2. The molecule has 0 radical (unpaired) electrons. The first-order chi connectivity index (χ1) is 6.94. The number of aliphatic hydroxyl groups is 1. The van der Waals surface area contributed by atoms with Crippen molar-refractivity contribution in [1.82, 2.24) is 10.3 Å². The van der Waals surface area contributed by atoms with Crippen LogP contribution in [0.25, 0.3) is 0 Å². The number of likely N-dealkylation sites (N-methyl/N-ethyl adjacent to an activating group) is 1. The Balaban J connectivity index is 2.60. The summed E-state index contributed by atoms with van der Waals surface area (Å²) in [7, 11) is 0. The lowest BCUT2D eigenvalue weighted by atomic mass is 10.0. The molecule has 1 heterocycles. The van der Waals surface area contributed by atoms with E-state index in [0.717, 1.165) is 17.2 Å². The summed E-state index contributed by atoms with van der Waals surface area (Å²) in [5.41, 5.74) is 0.376. The minimum atomic E-state index is -0.702. The maximum atomic E-state index is 10.1. The van der Waals surface area contributed by atoms with Crippen LogP contribution in [0.1, 0.15) is 29.4 Å². The molecule has 0 aliphatic rings. The van der Waals surface area contributed by atoms with Crippen LogP contribution < -0.4 is 5.32 Å². The molecule has 15 heavy (non-hydrogen) atoms. The van der Waals surface area contributed by atoms with Gasteiger partial charge in [0.05, 0.1) is 16.3 Å². The Hall–Kier alpha value is -0.450. The fraction of sp³-hybridized carbons (Fsp3) is 0.727. The van der Waals surface area contributed by atoms with Gasteiger partial charge < -0.3 is 10.4 Å². The molecular weight excluding hydrogens is 208 g/mol. The zero-order valence-electron chi connectivity index (χ0n) is 9.92. The van der Waals surface area contributed by atoms with Crippen LogP contribution in [0.3, 0.4) is 0 Å². The lowest BCUT2D eigenvalue weighted by Crippen LogP contribution is -2.39. The van der Waals surface area contributed by atoms with E-state index in [0.29, 0.717) is 13.0 Å². The van der Waals surface area contributed by atoms with E-state index < -0.39 is 5.60 Å². The van der Waals surface area contributed by atoms with Crippen LogP contribution in [0.2, 0.25) is 0 Å². The monoisotopic (exact) mass is 228 g/mol. The molecule has 0 aliphatic carbocycles. The summed E-state index contributed by atoms with van der Waals surface area (Å²) < 4.78 is 0. The Bertz CT molecular complexity index is 301. The SMILES string of the molecule is CCNCC(C)(O)Cc1nc(C)c(C)s1. The largest absolute Gasteiger partial charge is 0.388 e.